The van der Waals surface area contributed by atoms with Gasteiger partial charge in [-0.3, -0.25) is 4.79 Å². The number of allylic oxidation sites excluding steroid dienone is 2. The molecule has 0 saturated carbocycles. The minimum atomic E-state index is -3.45. The fourth-order valence-electron chi connectivity index (χ4n) is 3.17. The van der Waals surface area contributed by atoms with Crippen molar-refractivity contribution in [2.24, 2.45) is 5.92 Å². The summed E-state index contributed by atoms with van der Waals surface area (Å²) in [6.45, 7) is 1.69. The Hall–Kier alpha value is -1.66. The summed E-state index contributed by atoms with van der Waals surface area (Å²) in [5.74, 6) is 0.239. The van der Waals surface area contributed by atoms with Crippen LogP contribution in [0.4, 0.5) is 0 Å². The number of hydrogen-bond donors (Lipinski definition) is 0. The largest absolute Gasteiger partial charge is 0.340 e. The molecule has 1 fully saturated rings. The Morgan fingerprint density at radius 3 is 2.30 bits per heavy atom. The van der Waals surface area contributed by atoms with Crippen LogP contribution in [-0.2, 0) is 14.8 Å². The Balaban J connectivity index is 1.62. The van der Waals surface area contributed by atoms with E-state index in [1.807, 2.05) is 4.90 Å². The third-order valence-electron chi connectivity index (χ3n) is 4.55. The van der Waals surface area contributed by atoms with E-state index in [1.165, 1.54) is 4.31 Å². The van der Waals surface area contributed by atoms with E-state index in [4.69, 9.17) is 0 Å². The summed E-state index contributed by atoms with van der Waals surface area (Å²) in [4.78, 5) is 14.6. The monoisotopic (exact) mass is 334 g/mol. The van der Waals surface area contributed by atoms with Gasteiger partial charge in [-0.1, -0.05) is 30.4 Å². The molecule has 1 aliphatic carbocycles. The van der Waals surface area contributed by atoms with Gasteiger partial charge in [-0.25, -0.2) is 8.42 Å². The van der Waals surface area contributed by atoms with Crippen LogP contribution >= 0.6 is 0 Å². The zero-order valence-corrected chi connectivity index (χ0v) is 13.9. The number of rotatable bonds is 3. The number of benzene rings is 1. The minimum Gasteiger partial charge on any atom is -0.340 e. The van der Waals surface area contributed by atoms with Crippen molar-refractivity contribution in [2.45, 2.75) is 24.2 Å². The van der Waals surface area contributed by atoms with Crippen LogP contribution in [0.15, 0.2) is 47.4 Å². The maximum Gasteiger partial charge on any atom is 0.243 e. The molecule has 5 nitrogen and oxygen atoms in total. The molecule has 1 aromatic carbocycles. The van der Waals surface area contributed by atoms with Crippen LogP contribution in [0.3, 0.4) is 0 Å². The summed E-state index contributed by atoms with van der Waals surface area (Å²) < 4.78 is 26.6. The predicted molar refractivity (Wildman–Crippen MR) is 88.3 cm³/mol. The van der Waals surface area contributed by atoms with E-state index in [0.717, 1.165) is 19.3 Å². The molecule has 0 aromatic heterocycles. The van der Waals surface area contributed by atoms with Crippen LogP contribution in [0.5, 0.6) is 0 Å². The number of piperazine rings is 1. The number of amides is 1. The molecule has 0 bridgehead atoms. The summed E-state index contributed by atoms with van der Waals surface area (Å²) in [6.07, 6.45) is 6.86. The predicted octanol–water partition coefficient (Wildman–Crippen LogP) is 1.88. The molecule has 0 radical (unpaired) electrons. The van der Waals surface area contributed by atoms with E-state index in [-0.39, 0.29) is 11.8 Å². The topological polar surface area (TPSA) is 57.7 Å². The van der Waals surface area contributed by atoms with Crippen LogP contribution in [0.2, 0.25) is 0 Å². The molecular formula is C17H22N2O3S. The van der Waals surface area contributed by atoms with Crippen molar-refractivity contribution in [2.75, 3.05) is 26.2 Å². The van der Waals surface area contributed by atoms with E-state index >= 15 is 0 Å². The van der Waals surface area contributed by atoms with E-state index in [2.05, 4.69) is 12.2 Å². The molecular weight excluding hydrogens is 312 g/mol. The van der Waals surface area contributed by atoms with E-state index in [9.17, 15) is 13.2 Å². The van der Waals surface area contributed by atoms with Gasteiger partial charge in [0.25, 0.3) is 0 Å². The molecule has 6 heteroatoms. The van der Waals surface area contributed by atoms with Crippen molar-refractivity contribution >= 4 is 15.9 Å². The Morgan fingerprint density at radius 1 is 1.00 bits per heavy atom. The third-order valence-corrected chi connectivity index (χ3v) is 6.46. The second-order valence-electron chi connectivity index (χ2n) is 6.02. The van der Waals surface area contributed by atoms with Gasteiger partial charge in [-0.15, -0.1) is 0 Å². The number of sulfonamides is 1. The first-order valence-electron chi connectivity index (χ1n) is 8.08. The van der Waals surface area contributed by atoms with Gasteiger partial charge < -0.3 is 4.90 Å². The molecule has 1 amide bonds. The lowest BCUT2D eigenvalue weighted by Crippen LogP contribution is -2.51. The number of hydrogen-bond acceptors (Lipinski definition) is 3. The van der Waals surface area contributed by atoms with Gasteiger partial charge in [-0.2, -0.15) is 4.31 Å². The molecule has 0 spiro atoms. The summed E-state index contributed by atoms with van der Waals surface area (Å²) in [6, 6.07) is 8.48. The van der Waals surface area contributed by atoms with Crippen molar-refractivity contribution in [3.05, 3.63) is 42.5 Å². The van der Waals surface area contributed by atoms with Crippen LogP contribution < -0.4 is 0 Å². The van der Waals surface area contributed by atoms with Crippen LogP contribution in [0, 0.1) is 5.92 Å². The van der Waals surface area contributed by atoms with Crippen molar-refractivity contribution in [3.8, 4) is 0 Å². The first kappa shape index (κ1) is 16.2. The van der Waals surface area contributed by atoms with Gasteiger partial charge in [0.1, 0.15) is 0 Å². The number of nitrogens with zero attached hydrogens (tertiary/aromatic N) is 2. The Morgan fingerprint density at radius 2 is 1.70 bits per heavy atom. The first-order chi connectivity index (χ1) is 11.1. The molecule has 2 aliphatic rings. The summed E-state index contributed by atoms with van der Waals surface area (Å²) in [5.41, 5.74) is 0. The molecule has 3 rings (SSSR count). The van der Waals surface area contributed by atoms with Gasteiger partial charge in [0.2, 0.25) is 15.9 Å². The average molecular weight is 334 g/mol. The molecule has 0 unspecified atom stereocenters. The summed E-state index contributed by atoms with van der Waals surface area (Å²) in [5, 5.41) is 0. The quantitative estimate of drug-likeness (QED) is 0.793. The lowest BCUT2D eigenvalue weighted by atomic mass is 9.93. The van der Waals surface area contributed by atoms with Crippen molar-refractivity contribution in [3.63, 3.8) is 0 Å². The van der Waals surface area contributed by atoms with Gasteiger partial charge >= 0.3 is 0 Å². The molecule has 1 aliphatic heterocycles. The van der Waals surface area contributed by atoms with Gasteiger partial charge in [-0.05, 0) is 31.4 Å². The minimum absolute atomic E-state index is 0.0669. The summed E-state index contributed by atoms with van der Waals surface area (Å²) in [7, 11) is -3.45. The van der Waals surface area contributed by atoms with Crippen LogP contribution in [0.25, 0.3) is 0 Å². The van der Waals surface area contributed by atoms with E-state index in [1.54, 1.807) is 30.3 Å². The highest BCUT2D eigenvalue weighted by molar-refractivity contribution is 7.89. The number of carbonyl (C=O) groups excluding carboxylic acids is 1. The zero-order chi connectivity index (χ0) is 16.3. The maximum atomic E-state index is 12.6. The van der Waals surface area contributed by atoms with E-state index in [0.29, 0.717) is 31.1 Å². The molecule has 124 valence electrons. The van der Waals surface area contributed by atoms with Crippen LogP contribution in [-0.4, -0.2) is 49.7 Å². The Labute approximate surface area is 137 Å². The van der Waals surface area contributed by atoms with Crippen LogP contribution in [0.1, 0.15) is 19.3 Å². The highest BCUT2D eigenvalue weighted by Gasteiger charge is 2.32. The molecule has 1 atom stereocenters. The smallest absolute Gasteiger partial charge is 0.243 e. The normalized spacial score (nSPS) is 23.0. The van der Waals surface area contributed by atoms with Crippen molar-refractivity contribution in [1.82, 2.24) is 9.21 Å². The molecule has 1 heterocycles. The lowest BCUT2D eigenvalue weighted by molar-refractivity contribution is -0.137. The van der Waals surface area contributed by atoms with Gasteiger partial charge in [0.15, 0.2) is 0 Å². The molecule has 1 saturated heterocycles. The van der Waals surface area contributed by atoms with Gasteiger partial charge in [0, 0.05) is 32.1 Å². The molecule has 0 N–H and O–H groups in total. The fraction of sp³-hybridized carbons (Fsp3) is 0.471. The fourth-order valence-corrected chi connectivity index (χ4v) is 4.61. The average Bonchev–Trinajstić information content (AvgIpc) is 2.63. The first-order valence-corrected chi connectivity index (χ1v) is 9.52. The Kier molecular flexibility index (Phi) is 4.82. The summed E-state index contributed by atoms with van der Waals surface area (Å²) >= 11 is 0. The number of carbonyl (C=O) groups is 1. The SMILES string of the molecule is O=C([C@@H]1CC=CCC1)N1CCN(S(=O)(=O)c2ccccc2)CC1. The highest BCUT2D eigenvalue weighted by Crippen LogP contribution is 2.23. The Bertz CT molecular complexity index is 677. The van der Waals surface area contributed by atoms with Crippen molar-refractivity contribution in [1.29, 1.82) is 0 Å². The second-order valence-corrected chi connectivity index (χ2v) is 7.96. The third kappa shape index (κ3) is 3.48. The zero-order valence-electron chi connectivity index (χ0n) is 13.1. The maximum absolute atomic E-state index is 12.6. The molecule has 1 aromatic rings. The van der Waals surface area contributed by atoms with Gasteiger partial charge in [0.05, 0.1) is 4.90 Å². The van der Waals surface area contributed by atoms with E-state index < -0.39 is 10.0 Å². The lowest BCUT2D eigenvalue weighted by Gasteiger charge is -2.36. The van der Waals surface area contributed by atoms with Crippen molar-refractivity contribution < 1.29 is 13.2 Å². The second kappa shape index (κ2) is 6.84. The highest BCUT2D eigenvalue weighted by atomic mass is 32.2. The standard InChI is InChI=1S/C17H22N2O3S/c20-17(15-7-3-1-4-8-15)18-11-13-19(14-12-18)23(21,22)16-9-5-2-6-10-16/h1-3,5-6,9-10,15H,4,7-8,11-14H2/t15-/m1/s1. The molecule has 23 heavy (non-hydrogen) atoms.